The zero-order chi connectivity index (χ0) is 8.55. The van der Waals surface area contributed by atoms with Crippen LogP contribution in [-0.2, 0) is 11.2 Å². The Morgan fingerprint density at radius 3 is 3.33 bits per heavy atom. The first-order valence-electron chi connectivity index (χ1n) is 4.22. The Morgan fingerprint density at radius 2 is 2.58 bits per heavy atom. The van der Waals surface area contributed by atoms with Crippen molar-refractivity contribution in [3.05, 3.63) is 21.9 Å². The van der Waals surface area contributed by atoms with Crippen LogP contribution in [0.15, 0.2) is 11.4 Å². The lowest BCUT2D eigenvalue weighted by atomic mass is 10.0. The fourth-order valence-electron chi connectivity index (χ4n) is 1.61. The van der Waals surface area contributed by atoms with Crippen molar-refractivity contribution < 1.29 is 4.74 Å². The molecule has 1 aromatic rings. The Hall–Kier alpha value is -0.380. The Balaban J connectivity index is 2.31. The van der Waals surface area contributed by atoms with Gasteiger partial charge in [0, 0.05) is 17.3 Å². The number of hydrogen-bond acceptors (Lipinski definition) is 3. The quantitative estimate of drug-likeness (QED) is 0.719. The minimum atomic E-state index is 0.0960. The van der Waals surface area contributed by atoms with Crippen molar-refractivity contribution >= 4 is 11.3 Å². The standard InChI is InChI=1S/C9H13NOS/c1-6(10)9-7-3-5-12-8(7)2-4-11-9/h3,5-6,9H,2,4,10H2,1H3/t6-,9-/m0/s1. The molecule has 0 bridgehead atoms. The van der Waals surface area contributed by atoms with Gasteiger partial charge in [0.05, 0.1) is 12.7 Å². The summed E-state index contributed by atoms with van der Waals surface area (Å²) in [6, 6.07) is 2.23. The summed E-state index contributed by atoms with van der Waals surface area (Å²) in [6.45, 7) is 2.82. The molecule has 12 heavy (non-hydrogen) atoms. The van der Waals surface area contributed by atoms with Crippen LogP contribution in [-0.4, -0.2) is 12.6 Å². The number of ether oxygens (including phenoxy) is 1. The van der Waals surface area contributed by atoms with Crippen molar-refractivity contribution in [3.8, 4) is 0 Å². The van der Waals surface area contributed by atoms with E-state index in [-0.39, 0.29) is 12.1 Å². The van der Waals surface area contributed by atoms with Crippen LogP contribution in [0.2, 0.25) is 0 Å². The number of hydrogen-bond donors (Lipinski definition) is 1. The van der Waals surface area contributed by atoms with Crippen LogP contribution in [0.4, 0.5) is 0 Å². The SMILES string of the molecule is C[C@H](N)[C@@H]1OCCc2sccc21. The van der Waals surface area contributed by atoms with Crippen molar-refractivity contribution in [1.29, 1.82) is 0 Å². The molecule has 3 heteroatoms. The highest BCUT2D eigenvalue weighted by atomic mass is 32.1. The highest BCUT2D eigenvalue weighted by Gasteiger charge is 2.24. The number of thiophene rings is 1. The van der Waals surface area contributed by atoms with Crippen molar-refractivity contribution in [2.75, 3.05) is 6.61 Å². The highest BCUT2D eigenvalue weighted by molar-refractivity contribution is 7.10. The van der Waals surface area contributed by atoms with E-state index in [0.29, 0.717) is 0 Å². The molecule has 0 radical (unpaired) electrons. The summed E-state index contributed by atoms with van der Waals surface area (Å²) in [5.41, 5.74) is 7.13. The summed E-state index contributed by atoms with van der Waals surface area (Å²) in [5, 5.41) is 2.12. The lowest BCUT2D eigenvalue weighted by Crippen LogP contribution is -2.30. The van der Waals surface area contributed by atoms with Gasteiger partial charge in [0.2, 0.25) is 0 Å². The Kier molecular flexibility index (Phi) is 2.17. The lowest BCUT2D eigenvalue weighted by molar-refractivity contribution is 0.0297. The molecule has 0 fully saturated rings. The molecular weight excluding hydrogens is 170 g/mol. The van der Waals surface area contributed by atoms with E-state index >= 15 is 0 Å². The van der Waals surface area contributed by atoms with Gasteiger partial charge in [0.25, 0.3) is 0 Å². The molecule has 0 spiro atoms. The summed E-state index contributed by atoms with van der Waals surface area (Å²) >= 11 is 1.81. The predicted octanol–water partition coefficient (Wildman–Crippen LogP) is 1.71. The second kappa shape index (κ2) is 3.17. The Bertz CT molecular complexity index is 269. The molecule has 2 rings (SSSR count). The molecule has 0 aromatic carbocycles. The largest absolute Gasteiger partial charge is 0.371 e. The smallest absolute Gasteiger partial charge is 0.0983 e. The van der Waals surface area contributed by atoms with Gasteiger partial charge < -0.3 is 10.5 Å². The minimum absolute atomic E-state index is 0.0960. The molecule has 0 amide bonds. The number of rotatable bonds is 1. The Morgan fingerprint density at radius 1 is 1.75 bits per heavy atom. The van der Waals surface area contributed by atoms with Crippen molar-refractivity contribution in [2.24, 2.45) is 5.73 Å². The third kappa shape index (κ3) is 1.28. The molecule has 1 aliphatic rings. The first kappa shape index (κ1) is 8.23. The normalized spacial score (nSPS) is 25.0. The third-order valence-corrected chi connectivity index (χ3v) is 3.19. The lowest BCUT2D eigenvalue weighted by Gasteiger charge is -2.26. The van der Waals surface area contributed by atoms with Crippen molar-refractivity contribution in [1.82, 2.24) is 0 Å². The van der Waals surface area contributed by atoms with Gasteiger partial charge in [0.1, 0.15) is 0 Å². The molecule has 0 saturated carbocycles. The van der Waals surface area contributed by atoms with E-state index in [1.807, 2.05) is 18.3 Å². The van der Waals surface area contributed by atoms with Gasteiger partial charge in [-0.2, -0.15) is 0 Å². The minimum Gasteiger partial charge on any atom is -0.371 e. The van der Waals surface area contributed by atoms with Crippen LogP contribution in [0, 0.1) is 0 Å². The van der Waals surface area contributed by atoms with E-state index in [4.69, 9.17) is 10.5 Å². The van der Waals surface area contributed by atoms with Gasteiger partial charge in [-0.05, 0) is 23.9 Å². The van der Waals surface area contributed by atoms with E-state index in [1.165, 1.54) is 10.4 Å². The molecule has 0 aliphatic carbocycles. The predicted molar refractivity (Wildman–Crippen MR) is 50.4 cm³/mol. The molecule has 2 N–H and O–H groups in total. The molecule has 2 nitrogen and oxygen atoms in total. The van der Waals surface area contributed by atoms with Gasteiger partial charge in [-0.3, -0.25) is 0 Å². The Labute approximate surface area is 76.3 Å². The van der Waals surface area contributed by atoms with Crippen LogP contribution in [0.3, 0.4) is 0 Å². The summed E-state index contributed by atoms with van der Waals surface area (Å²) in [6.07, 6.45) is 1.18. The number of fused-ring (bicyclic) bond motifs is 1. The molecule has 1 aromatic heterocycles. The van der Waals surface area contributed by atoms with Crippen LogP contribution < -0.4 is 5.73 Å². The van der Waals surface area contributed by atoms with Gasteiger partial charge in [0.15, 0.2) is 0 Å². The van der Waals surface area contributed by atoms with Crippen molar-refractivity contribution in [2.45, 2.75) is 25.5 Å². The highest BCUT2D eigenvalue weighted by Crippen LogP contribution is 2.32. The maximum Gasteiger partial charge on any atom is 0.0983 e. The molecule has 0 saturated heterocycles. The topological polar surface area (TPSA) is 35.2 Å². The first-order chi connectivity index (χ1) is 5.79. The average molecular weight is 183 g/mol. The summed E-state index contributed by atoms with van der Waals surface area (Å²) < 4.78 is 5.61. The fraction of sp³-hybridized carbons (Fsp3) is 0.556. The summed E-state index contributed by atoms with van der Waals surface area (Å²) in [5.74, 6) is 0. The van der Waals surface area contributed by atoms with Crippen molar-refractivity contribution in [3.63, 3.8) is 0 Å². The average Bonchev–Trinajstić information content (AvgIpc) is 2.49. The van der Waals surface area contributed by atoms with Crippen LogP contribution >= 0.6 is 11.3 Å². The van der Waals surface area contributed by atoms with Gasteiger partial charge in [-0.15, -0.1) is 11.3 Å². The zero-order valence-corrected chi connectivity index (χ0v) is 7.93. The molecule has 2 atom stereocenters. The maximum atomic E-state index is 5.82. The van der Waals surface area contributed by atoms with Gasteiger partial charge in [-0.1, -0.05) is 0 Å². The molecule has 0 unspecified atom stereocenters. The monoisotopic (exact) mass is 183 g/mol. The van der Waals surface area contributed by atoms with Gasteiger partial charge >= 0.3 is 0 Å². The third-order valence-electron chi connectivity index (χ3n) is 2.19. The second-order valence-corrected chi connectivity index (χ2v) is 4.20. The van der Waals surface area contributed by atoms with Crippen LogP contribution in [0.25, 0.3) is 0 Å². The molecule has 66 valence electrons. The maximum absolute atomic E-state index is 5.82. The summed E-state index contributed by atoms with van der Waals surface area (Å²) in [7, 11) is 0. The van der Waals surface area contributed by atoms with E-state index in [9.17, 15) is 0 Å². The van der Waals surface area contributed by atoms with E-state index in [1.54, 1.807) is 0 Å². The zero-order valence-electron chi connectivity index (χ0n) is 7.12. The fourth-order valence-corrected chi connectivity index (χ4v) is 2.51. The second-order valence-electron chi connectivity index (χ2n) is 3.20. The first-order valence-corrected chi connectivity index (χ1v) is 5.10. The van der Waals surface area contributed by atoms with Crippen LogP contribution in [0.1, 0.15) is 23.5 Å². The molecular formula is C9H13NOS. The molecule has 1 aliphatic heterocycles. The molecule has 2 heterocycles. The summed E-state index contributed by atoms with van der Waals surface area (Å²) in [4.78, 5) is 1.45. The number of nitrogens with two attached hydrogens (primary N) is 1. The van der Waals surface area contributed by atoms with Gasteiger partial charge in [-0.25, -0.2) is 0 Å². The van der Waals surface area contributed by atoms with E-state index < -0.39 is 0 Å². The van der Waals surface area contributed by atoms with E-state index in [0.717, 1.165) is 13.0 Å². The van der Waals surface area contributed by atoms with E-state index in [2.05, 4.69) is 11.4 Å². The van der Waals surface area contributed by atoms with Crippen LogP contribution in [0.5, 0.6) is 0 Å².